The van der Waals surface area contributed by atoms with Gasteiger partial charge in [0.15, 0.2) is 0 Å². The zero-order valence-corrected chi connectivity index (χ0v) is 13.2. The smallest absolute Gasteiger partial charge is 0.0703 e. The number of hydrogen-bond donors (Lipinski definition) is 1. The third-order valence-corrected chi connectivity index (χ3v) is 4.94. The molecule has 2 aromatic rings. The first-order chi connectivity index (χ1) is 10.2. The van der Waals surface area contributed by atoms with Crippen molar-refractivity contribution in [2.75, 3.05) is 18.0 Å². The van der Waals surface area contributed by atoms with Crippen LogP contribution in [0.1, 0.15) is 27.2 Å². The molecule has 1 fully saturated rings. The van der Waals surface area contributed by atoms with Crippen LogP contribution in [0.4, 0.5) is 5.69 Å². The van der Waals surface area contributed by atoms with Crippen molar-refractivity contribution in [3.8, 4) is 0 Å². The van der Waals surface area contributed by atoms with E-state index >= 15 is 0 Å². The number of rotatable bonds is 3. The van der Waals surface area contributed by atoms with Gasteiger partial charge < -0.3 is 10.2 Å². The molecule has 0 bridgehead atoms. The monoisotopic (exact) mass is 283 g/mol. The Morgan fingerprint density at radius 1 is 1.29 bits per heavy atom. The number of benzene rings is 1. The van der Waals surface area contributed by atoms with Gasteiger partial charge >= 0.3 is 0 Å². The molecule has 112 valence electrons. The van der Waals surface area contributed by atoms with Crippen molar-refractivity contribution in [3.05, 3.63) is 36.5 Å². The van der Waals surface area contributed by atoms with E-state index in [0.717, 1.165) is 18.6 Å². The van der Waals surface area contributed by atoms with Gasteiger partial charge in [0, 0.05) is 24.0 Å². The molecular formula is C18H25N3. The van der Waals surface area contributed by atoms with Crippen LogP contribution in [0.25, 0.3) is 10.9 Å². The summed E-state index contributed by atoms with van der Waals surface area (Å²) in [6, 6.07) is 11.8. The molecule has 0 amide bonds. The van der Waals surface area contributed by atoms with Crippen molar-refractivity contribution in [2.24, 2.45) is 5.92 Å². The molecular weight excluding hydrogens is 258 g/mol. The van der Waals surface area contributed by atoms with Gasteiger partial charge in [0.25, 0.3) is 0 Å². The van der Waals surface area contributed by atoms with Gasteiger partial charge in [-0.25, -0.2) is 0 Å². The van der Waals surface area contributed by atoms with E-state index in [4.69, 9.17) is 0 Å². The van der Waals surface area contributed by atoms with Crippen molar-refractivity contribution in [1.82, 2.24) is 10.3 Å². The van der Waals surface area contributed by atoms with Crippen molar-refractivity contribution < 1.29 is 0 Å². The van der Waals surface area contributed by atoms with E-state index in [0.29, 0.717) is 18.0 Å². The number of pyridine rings is 1. The Labute approximate surface area is 127 Å². The minimum atomic E-state index is 0.533. The summed E-state index contributed by atoms with van der Waals surface area (Å²) >= 11 is 0. The summed E-state index contributed by atoms with van der Waals surface area (Å²) in [4.78, 5) is 7.13. The number of hydrogen-bond acceptors (Lipinski definition) is 3. The van der Waals surface area contributed by atoms with E-state index in [9.17, 15) is 0 Å². The highest BCUT2D eigenvalue weighted by molar-refractivity contribution is 5.81. The average molecular weight is 283 g/mol. The summed E-state index contributed by atoms with van der Waals surface area (Å²) in [5, 5.41) is 4.85. The molecule has 1 aromatic carbocycles. The summed E-state index contributed by atoms with van der Waals surface area (Å²) in [5.74, 6) is 0.644. The number of anilines is 1. The molecule has 3 nitrogen and oxygen atoms in total. The highest BCUT2D eigenvalue weighted by Crippen LogP contribution is 2.29. The van der Waals surface area contributed by atoms with Crippen LogP contribution in [0.5, 0.6) is 0 Å². The first kappa shape index (κ1) is 14.3. The number of fused-ring (bicyclic) bond motifs is 1. The number of nitrogens with one attached hydrogen (secondary N) is 1. The Bertz CT molecular complexity index is 610. The van der Waals surface area contributed by atoms with Crippen LogP contribution in [-0.4, -0.2) is 30.2 Å². The van der Waals surface area contributed by atoms with Crippen LogP contribution in [0.3, 0.4) is 0 Å². The number of para-hydroxylation sites is 1. The lowest BCUT2D eigenvalue weighted by Crippen LogP contribution is -2.53. The van der Waals surface area contributed by atoms with Gasteiger partial charge in [-0.1, -0.05) is 32.0 Å². The lowest BCUT2D eigenvalue weighted by molar-refractivity contribution is 0.274. The molecule has 0 saturated carbocycles. The van der Waals surface area contributed by atoms with Crippen molar-refractivity contribution in [3.63, 3.8) is 0 Å². The van der Waals surface area contributed by atoms with Crippen molar-refractivity contribution in [1.29, 1.82) is 0 Å². The fourth-order valence-electron chi connectivity index (χ4n) is 3.50. The van der Waals surface area contributed by atoms with Gasteiger partial charge in [0.1, 0.15) is 0 Å². The topological polar surface area (TPSA) is 28.2 Å². The molecule has 1 aromatic heterocycles. The quantitative estimate of drug-likeness (QED) is 0.935. The molecule has 0 radical (unpaired) electrons. The van der Waals surface area contributed by atoms with Crippen LogP contribution < -0.4 is 10.2 Å². The van der Waals surface area contributed by atoms with E-state index in [-0.39, 0.29) is 0 Å². The van der Waals surface area contributed by atoms with E-state index in [2.05, 4.69) is 60.2 Å². The molecule has 21 heavy (non-hydrogen) atoms. The summed E-state index contributed by atoms with van der Waals surface area (Å²) in [6.07, 6.45) is 3.23. The molecule has 3 unspecified atom stereocenters. The van der Waals surface area contributed by atoms with Gasteiger partial charge in [-0.2, -0.15) is 0 Å². The van der Waals surface area contributed by atoms with E-state index < -0.39 is 0 Å². The molecule has 2 heterocycles. The zero-order chi connectivity index (χ0) is 14.8. The third-order valence-electron chi connectivity index (χ3n) is 4.94. The van der Waals surface area contributed by atoms with Crippen LogP contribution >= 0.6 is 0 Å². The second-order valence-corrected chi connectivity index (χ2v) is 6.13. The maximum absolute atomic E-state index is 4.61. The second kappa shape index (κ2) is 6.02. The normalized spacial score (nSPS) is 26.2. The van der Waals surface area contributed by atoms with Gasteiger partial charge in [-0.15, -0.1) is 0 Å². The van der Waals surface area contributed by atoms with Gasteiger partial charge in [-0.3, -0.25) is 4.98 Å². The molecule has 1 N–H and O–H groups in total. The molecule has 3 rings (SSSR count). The van der Waals surface area contributed by atoms with Crippen molar-refractivity contribution in [2.45, 2.75) is 39.3 Å². The van der Waals surface area contributed by atoms with Crippen LogP contribution in [0.15, 0.2) is 36.5 Å². The molecule has 1 aliphatic heterocycles. The lowest BCUT2D eigenvalue weighted by Gasteiger charge is -2.44. The molecule has 3 heteroatoms. The van der Waals surface area contributed by atoms with Crippen LogP contribution in [0, 0.1) is 5.92 Å². The number of piperidine rings is 1. The summed E-state index contributed by atoms with van der Waals surface area (Å²) in [5.41, 5.74) is 2.33. The minimum absolute atomic E-state index is 0.533. The van der Waals surface area contributed by atoms with E-state index in [1.807, 2.05) is 12.3 Å². The second-order valence-electron chi connectivity index (χ2n) is 6.13. The molecule has 1 saturated heterocycles. The minimum Gasteiger partial charge on any atom is -0.367 e. The Kier molecular flexibility index (Phi) is 4.11. The predicted molar refractivity (Wildman–Crippen MR) is 89.8 cm³/mol. The first-order valence-electron chi connectivity index (χ1n) is 8.05. The van der Waals surface area contributed by atoms with Gasteiger partial charge in [0.05, 0.1) is 17.4 Å². The highest BCUT2D eigenvalue weighted by atomic mass is 15.2. The van der Waals surface area contributed by atoms with E-state index in [1.165, 1.54) is 17.5 Å². The lowest BCUT2D eigenvalue weighted by atomic mass is 9.86. The van der Waals surface area contributed by atoms with Crippen molar-refractivity contribution >= 4 is 16.6 Å². The van der Waals surface area contributed by atoms with Crippen LogP contribution in [0.2, 0.25) is 0 Å². The Morgan fingerprint density at radius 2 is 2.10 bits per heavy atom. The molecule has 3 atom stereocenters. The average Bonchev–Trinajstić information content (AvgIpc) is 2.52. The maximum atomic E-state index is 4.61. The Balaban J connectivity index is 1.85. The van der Waals surface area contributed by atoms with Gasteiger partial charge in [-0.05, 0) is 37.9 Å². The standard InChI is InChI=1S/C18H25N3/c1-4-19-17-9-10-21(14(3)13(17)2)16-11-15-7-5-6-8-18(15)20-12-16/h5-8,11-14,17,19H,4,9-10H2,1-3H3. The fourth-order valence-corrected chi connectivity index (χ4v) is 3.50. The summed E-state index contributed by atoms with van der Waals surface area (Å²) < 4.78 is 0. The fraction of sp³-hybridized carbons (Fsp3) is 0.500. The van der Waals surface area contributed by atoms with Crippen LogP contribution in [-0.2, 0) is 0 Å². The van der Waals surface area contributed by atoms with E-state index in [1.54, 1.807) is 0 Å². The zero-order valence-electron chi connectivity index (χ0n) is 13.2. The SMILES string of the molecule is CCNC1CCN(c2cnc3ccccc3c2)C(C)C1C. The highest BCUT2D eigenvalue weighted by Gasteiger charge is 2.32. The predicted octanol–water partition coefficient (Wildman–Crippen LogP) is 3.45. The largest absolute Gasteiger partial charge is 0.367 e. The molecule has 0 aliphatic carbocycles. The number of aromatic nitrogens is 1. The Hall–Kier alpha value is -1.61. The van der Waals surface area contributed by atoms with Gasteiger partial charge in [0.2, 0.25) is 0 Å². The first-order valence-corrected chi connectivity index (χ1v) is 8.05. The number of nitrogens with zero attached hydrogens (tertiary/aromatic N) is 2. The molecule has 1 aliphatic rings. The molecule has 0 spiro atoms. The maximum Gasteiger partial charge on any atom is 0.0703 e. The summed E-state index contributed by atoms with van der Waals surface area (Å²) in [6.45, 7) is 9.04. The summed E-state index contributed by atoms with van der Waals surface area (Å²) in [7, 11) is 0. The Morgan fingerprint density at radius 3 is 2.90 bits per heavy atom. The third kappa shape index (κ3) is 2.75.